The number of amides is 1. The van der Waals surface area contributed by atoms with Gasteiger partial charge in [-0.25, -0.2) is 0 Å². The lowest BCUT2D eigenvalue weighted by atomic mass is 10.0. The molecule has 1 amide bonds. The van der Waals surface area contributed by atoms with E-state index in [0.717, 1.165) is 23.3 Å². The molecule has 3 aromatic carbocycles. The van der Waals surface area contributed by atoms with Crippen molar-refractivity contribution in [2.75, 3.05) is 12.4 Å². The summed E-state index contributed by atoms with van der Waals surface area (Å²) in [5, 5.41) is 12.8. The average Bonchev–Trinajstić information content (AvgIpc) is 2.70. The molecule has 2 N–H and O–H groups in total. The number of para-hydroxylation sites is 1. The van der Waals surface area contributed by atoms with Crippen LogP contribution in [0.25, 0.3) is 0 Å². The summed E-state index contributed by atoms with van der Waals surface area (Å²) in [6, 6.07) is 19.8. The molecular weight excluding hydrogens is 354 g/mol. The fourth-order valence-corrected chi connectivity index (χ4v) is 2.88. The van der Waals surface area contributed by atoms with Crippen molar-refractivity contribution in [1.29, 1.82) is 0 Å². The summed E-state index contributed by atoms with van der Waals surface area (Å²) >= 11 is 0. The number of ketones is 1. The minimum atomic E-state index is -0.355. The van der Waals surface area contributed by atoms with Crippen LogP contribution >= 0.6 is 0 Å². The lowest BCUT2D eigenvalue weighted by Gasteiger charge is -2.10. The highest BCUT2D eigenvalue weighted by atomic mass is 16.5. The zero-order chi connectivity index (χ0) is 20.1. The first-order valence-electron chi connectivity index (χ1n) is 8.84. The molecule has 0 unspecified atom stereocenters. The molecule has 5 heteroatoms. The van der Waals surface area contributed by atoms with E-state index < -0.39 is 0 Å². The predicted molar refractivity (Wildman–Crippen MR) is 108 cm³/mol. The molecule has 3 aromatic rings. The minimum Gasteiger partial charge on any atom is -0.505 e. The van der Waals surface area contributed by atoms with Crippen LogP contribution in [0.15, 0.2) is 66.7 Å². The Morgan fingerprint density at radius 3 is 2.11 bits per heavy atom. The van der Waals surface area contributed by atoms with Gasteiger partial charge in [-0.05, 0) is 60.9 Å². The standard InChI is InChI=1S/C23H21NO4/c1-15(25)20-4-3-5-21(22(20)26)24-23(27)18-10-6-16(7-11-18)14-17-8-12-19(28-2)13-9-17/h3-13,26H,14H2,1-2H3,(H,24,27). The first kappa shape index (κ1) is 19.2. The van der Waals surface area contributed by atoms with Gasteiger partial charge in [0, 0.05) is 5.56 Å². The number of nitrogens with one attached hydrogen (secondary N) is 1. The Morgan fingerprint density at radius 1 is 0.929 bits per heavy atom. The largest absolute Gasteiger partial charge is 0.505 e. The summed E-state index contributed by atoms with van der Waals surface area (Å²) in [5.41, 5.74) is 3.06. The second-order valence-corrected chi connectivity index (χ2v) is 6.43. The molecule has 0 spiro atoms. The zero-order valence-electron chi connectivity index (χ0n) is 15.7. The van der Waals surface area contributed by atoms with E-state index in [9.17, 15) is 14.7 Å². The molecule has 0 radical (unpaired) electrons. The molecular formula is C23H21NO4. The molecule has 0 aromatic heterocycles. The molecule has 142 valence electrons. The van der Waals surface area contributed by atoms with Crippen LogP contribution in [-0.4, -0.2) is 23.9 Å². The maximum absolute atomic E-state index is 12.5. The predicted octanol–water partition coefficient (Wildman–Crippen LogP) is 4.45. The number of Topliss-reactive ketones (excluding diaryl/α,β-unsaturated/α-hetero) is 1. The van der Waals surface area contributed by atoms with Gasteiger partial charge in [0.1, 0.15) is 11.5 Å². The number of phenols is 1. The Kier molecular flexibility index (Phi) is 5.75. The molecule has 0 aliphatic rings. The van der Waals surface area contributed by atoms with E-state index >= 15 is 0 Å². The minimum absolute atomic E-state index is 0.174. The van der Waals surface area contributed by atoms with E-state index in [0.29, 0.717) is 5.56 Å². The molecule has 0 aliphatic heterocycles. The Labute approximate surface area is 163 Å². The summed E-state index contributed by atoms with van der Waals surface area (Å²) in [7, 11) is 1.63. The van der Waals surface area contributed by atoms with E-state index in [4.69, 9.17) is 4.74 Å². The molecule has 0 atom stereocenters. The van der Waals surface area contributed by atoms with Crippen LogP contribution < -0.4 is 10.1 Å². The first-order valence-corrected chi connectivity index (χ1v) is 8.84. The molecule has 3 rings (SSSR count). The maximum atomic E-state index is 12.5. The van der Waals surface area contributed by atoms with Crippen LogP contribution in [0.2, 0.25) is 0 Å². The number of aromatic hydroxyl groups is 1. The number of benzene rings is 3. The zero-order valence-corrected chi connectivity index (χ0v) is 15.7. The number of rotatable bonds is 6. The van der Waals surface area contributed by atoms with Crippen molar-refractivity contribution >= 4 is 17.4 Å². The van der Waals surface area contributed by atoms with E-state index in [1.165, 1.54) is 13.0 Å². The average molecular weight is 375 g/mol. The van der Waals surface area contributed by atoms with Crippen molar-refractivity contribution < 1.29 is 19.4 Å². The Balaban J connectivity index is 1.70. The lowest BCUT2D eigenvalue weighted by Crippen LogP contribution is -2.12. The number of phenolic OH excluding ortho intramolecular Hbond substituents is 1. The smallest absolute Gasteiger partial charge is 0.255 e. The quantitative estimate of drug-likeness (QED) is 0.493. The van der Waals surface area contributed by atoms with E-state index in [1.807, 2.05) is 36.4 Å². The lowest BCUT2D eigenvalue weighted by molar-refractivity contribution is 0.100. The maximum Gasteiger partial charge on any atom is 0.255 e. The molecule has 0 fully saturated rings. The Bertz CT molecular complexity index is 992. The molecule has 0 saturated heterocycles. The van der Waals surface area contributed by atoms with Gasteiger partial charge in [0.05, 0.1) is 18.4 Å². The van der Waals surface area contributed by atoms with Gasteiger partial charge in [0.15, 0.2) is 5.78 Å². The van der Waals surface area contributed by atoms with Gasteiger partial charge in [-0.15, -0.1) is 0 Å². The topological polar surface area (TPSA) is 75.6 Å². The number of hydrogen-bond acceptors (Lipinski definition) is 4. The molecule has 5 nitrogen and oxygen atoms in total. The van der Waals surface area contributed by atoms with Gasteiger partial charge in [-0.2, -0.15) is 0 Å². The van der Waals surface area contributed by atoms with Crippen LogP contribution in [0.4, 0.5) is 5.69 Å². The molecule has 28 heavy (non-hydrogen) atoms. The summed E-state index contributed by atoms with van der Waals surface area (Å²) in [4.78, 5) is 24.0. The fourth-order valence-electron chi connectivity index (χ4n) is 2.88. The van der Waals surface area contributed by atoms with Gasteiger partial charge >= 0.3 is 0 Å². The molecule has 0 saturated carbocycles. The van der Waals surface area contributed by atoms with Gasteiger partial charge in [0.2, 0.25) is 0 Å². The second kappa shape index (κ2) is 8.39. The van der Waals surface area contributed by atoms with Crippen LogP contribution in [0.5, 0.6) is 11.5 Å². The van der Waals surface area contributed by atoms with E-state index in [-0.39, 0.29) is 28.7 Å². The van der Waals surface area contributed by atoms with Crippen LogP contribution in [0, 0.1) is 0 Å². The highest BCUT2D eigenvalue weighted by molar-refractivity contribution is 6.06. The first-order chi connectivity index (χ1) is 13.5. The third-order valence-electron chi connectivity index (χ3n) is 4.45. The van der Waals surface area contributed by atoms with Crippen LogP contribution in [0.3, 0.4) is 0 Å². The van der Waals surface area contributed by atoms with E-state index in [1.54, 1.807) is 31.4 Å². The van der Waals surface area contributed by atoms with Gasteiger partial charge in [-0.3, -0.25) is 9.59 Å². The summed E-state index contributed by atoms with van der Waals surface area (Å²) in [6.45, 7) is 1.36. The number of methoxy groups -OCH3 is 1. The Morgan fingerprint density at radius 2 is 1.54 bits per heavy atom. The number of anilines is 1. The van der Waals surface area contributed by atoms with Crippen molar-refractivity contribution in [3.63, 3.8) is 0 Å². The van der Waals surface area contributed by atoms with Crippen molar-refractivity contribution in [3.05, 3.63) is 89.0 Å². The van der Waals surface area contributed by atoms with Gasteiger partial charge in [0.25, 0.3) is 5.91 Å². The molecule has 0 aliphatic carbocycles. The monoisotopic (exact) mass is 375 g/mol. The van der Waals surface area contributed by atoms with Crippen molar-refractivity contribution in [1.82, 2.24) is 0 Å². The van der Waals surface area contributed by atoms with Crippen molar-refractivity contribution in [2.24, 2.45) is 0 Å². The number of hydrogen-bond donors (Lipinski definition) is 2. The fraction of sp³-hybridized carbons (Fsp3) is 0.130. The van der Waals surface area contributed by atoms with Crippen LogP contribution in [0.1, 0.15) is 38.8 Å². The number of carbonyl (C=O) groups excluding carboxylic acids is 2. The van der Waals surface area contributed by atoms with Crippen molar-refractivity contribution in [2.45, 2.75) is 13.3 Å². The number of ether oxygens (including phenoxy) is 1. The SMILES string of the molecule is COc1ccc(Cc2ccc(C(=O)Nc3cccc(C(C)=O)c3O)cc2)cc1. The summed E-state index contributed by atoms with van der Waals surface area (Å²) in [6.07, 6.45) is 0.743. The summed E-state index contributed by atoms with van der Waals surface area (Å²) < 4.78 is 5.16. The molecule has 0 bridgehead atoms. The highest BCUT2D eigenvalue weighted by Gasteiger charge is 2.13. The third kappa shape index (κ3) is 4.38. The normalized spacial score (nSPS) is 10.4. The molecule has 0 heterocycles. The second-order valence-electron chi connectivity index (χ2n) is 6.43. The number of carbonyl (C=O) groups is 2. The van der Waals surface area contributed by atoms with Gasteiger partial charge < -0.3 is 15.2 Å². The third-order valence-corrected chi connectivity index (χ3v) is 4.45. The highest BCUT2D eigenvalue weighted by Crippen LogP contribution is 2.28. The van der Waals surface area contributed by atoms with Crippen LogP contribution in [-0.2, 0) is 6.42 Å². The van der Waals surface area contributed by atoms with Crippen molar-refractivity contribution in [3.8, 4) is 11.5 Å². The van der Waals surface area contributed by atoms with E-state index in [2.05, 4.69) is 5.32 Å². The van der Waals surface area contributed by atoms with Gasteiger partial charge in [-0.1, -0.05) is 30.3 Å². The summed E-state index contributed by atoms with van der Waals surface area (Å²) in [5.74, 6) is -0.0316. The Hall–Kier alpha value is -3.60.